The van der Waals surface area contributed by atoms with E-state index in [0.29, 0.717) is 22.4 Å². The van der Waals surface area contributed by atoms with Gasteiger partial charge in [-0.05, 0) is 40.4 Å². The molecule has 6 rings (SSSR count). The van der Waals surface area contributed by atoms with E-state index in [1.807, 2.05) is 35.7 Å². The number of benzene rings is 3. The molecule has 0 bridgehead atoms. The summed E-state index contributed by atoms with van der Waals surface area (Å²) < 4.78 is 6.08. The quantitative estimate of drug-likeness (QED) is 0.452. The van der Waals surface area contributed by atoms with Gasteiger partial charge in [-0.25, -0.2) is 0 Å². The molecule has 3 aromatic carbocycles. The fourth-order valence-corrected chi connectivity index (χ4v) is 5.27. The van der Waals surface area contributed by atoms with Gasteiger partial charge in [0.2, 0.25) is 5.78 Å². The van der Waals surface area contributed by atoms with Crippen molar-refractivity contribution in [2.24, 2.45) is 0 Å². The summed E-state index contributed by atoms with van der Waals surface area (Å²) in [5.74, 6) is -0.143. The van der Waals surface area contributed by atoms with Crippen molar-refractivity contribution < 1.29 is 19.4 Å². The lowest BCUT2D eigenvalue weighted by Gasteiger charge is -2.32. The topological polar surface area (TPSA) is 63.6 Å². The standard InChI is InChI=1S/C25H14O4S/c26-14-9-7-13-8-10-18-20(17(13)12-14)21(19-6-3-11-30-19)22-23(27)15-4-1-2-5-16(15)24(28)25(22)29-18/h1-12,21,26H. The third-order valence-corrected chi connectivity index (χ3v) is 6.67. The molecular formula is C25H14O4S. The average molecular weight is 410 g/mol. The Morgan fingerprint density at radius 1 is 0.867 bits per heavy atom. The summed E-state index contributed by atoms with van der Waals surface area (Å²) in [4.78, 5) is 27.8. The molecule has 0 amide bonds. The van der Waals surface area contributed by atoms with Crippen LogP contribution >= 0.6 is 11.3 Å². The number of phenols is 1. The molecule has 1 atom stereocenters. The van der Waals surface area contributed by atoms with Crippen molar-refractivity contribution >= 4 is 33.7 Å². The van der Waals surface area contributed by atoms with Gasteiger partial charge >= 0.3 is 0 Å². The maximum absolute atomic E-state index is 13.6. The Bertz CT molecular complexity index is 1410. The summed E-state index contributed by atoms with van der Waals surface area (Å²) in [7, 11) is 0. The van der Waals surface area contributed by atoms with Gasteiger partial charge in [0.05, 0.1) is 11.5 Å². The number of thiophene rings is 1. The normalized spacial score (nSPS) is 17.4. The molecule has 1 N–H and O–H groups in total. The molecule has 0 spiro atoms. The van der Waals surface area contributed by atoms with Gasteiger partial charge in [-0.15, -0.1) is 11.3 Å². The fourth-order valence-electron chi connectivity index (χ4n) is 4.43. The van der Waals surface area contributed by atoms with Crippen molar-refractivity contribution in [2.45, 2.75) is 5.92 Å². The van der Waals surface area contributed by atoms with E-state index in [2.05, 4.69) is 0 Å². The lowest BCUT2D eigenvalue weighted by atomic mass is 9.76. The van der Waals surface area contributed by atoms with Gasteiger partial charge in [-0.3, -0.25) is 9.59 Å². The highest BCUT2D eigenvalue weighted by atomic mass is 32.1. The summed E-state index contributed by atoms with van der Waals surface area (Å²) in [5.41, 5.74) is 1.93. The van der Waals surface area contributed by atoms with Crippen LogP contribution in [0.1, 0.15) is 37.1 Å². The zero-order valence-corrected chi connectivity index (χ0v) is 16.4. The first kappa shape index (κ1) is 17.2. The van der Waals surface area contributed by atoms with E-state index in [4.69, 9.17) is 4.74 Å². The summed E-state index contributed by atoms with van der Waals surface area (Å²) in [5, 5.41) is 13.8. The number of hydrogen-bond acceptors (Lipinski definition) is 5. The van der Waals surface area contributed by atoms with Crippen molar-refractivity contribution in [1.82, 2.24) is 0 Å². The minimum Gasteiger partial charge on any atom is -0.508 e. The van der Waals surface area contributed by atoms with E-state index in [1.54, 1.807) is 36.4 Å². The van der Waals surface area contributed by atoms with E-state index >= 15 is 0 Å². The van der Waals surface area contributed by atoms with E-state index in [0.717, 1.165) is 21.2 Å². The van der Waals surface area contributed by atoms with Gasteiger partial charge in [-0.1, -0.05) is 42.5 Å². The Morgan fingerprint density at radius 2 is 1.63 bits per heavy atom. The van der Waals surface area contributed by atoms with Crippen molar-refractivity contribution in [1.29, 1.82) is 0 Å². The molecule has 0 saturated heterocycles. The number of Topliss-reactive ketones (excluding diaryl/α,β-unsaturated/α-hetero) is 2. The van der Waals surface area contributed by atoms with E-state index < -0.39 is 5.92 Å². The predicted molar refractivity (Wildman–Crippen MR) is 115 cm³/mol. The maximum atomic E-state index is 13.6. The summed E-state index contributed by atoms with van der Waals surface area (Å²) in [6, 6.07) is 19.7. The first-order valence-corrected chi connectivity index (χ1v) is 10.4. The lowest BCUT2D eigenvalue weighted by Crippen LogP contribution is -2.31. The first-order chi connectivity index (χ1) is 14.6. The number of carbonyl (C=O) groups is 2. The number of phenolic OH excluding ortho intramolecular Hbond substituents is 1. The number of hydrogen-bond donors (Lipinski definition) is 1. The second-order valence-corrected chi connectivity index (χ2v) is 8.36. The van der Waals surface area contributed by atoms with Crippen LogP contribution in [-0.2, 0) is 0 Å². The highest BCUT2D eigenvalue weighted by molar-refractivity contribution is 7.10. The van der Waals surface area contributed by atoms with Crippen LogP contribution in [0.3, 0.4) is 0 Å². The summed E-state index contributed by atoms with van der Waals surface area (Å²) in [6.07, 6.45) is 0. The largest absolute Gasteiger partial charge is 0.508 e. The van der Waals surface area contributed by atoms with Gasteiger partial charge in [0, 0.05) is 21.6 Å². The molecule has 1 aliphatic carbocycles. The number of ketones is 2. The molecule has 2 aliphatic rings. The zero-order valence-electron chi connectivity index (χ0n) is 15.6. The molecule has 0 saturated carbocycles. The Kier molecular flexibility index (Phi) is 3.52. The number of rotatable bonds is 1. The molecule has 2 heterocycles. The Labute approximate surface area is 175 Å². The van der Waals surface area contributed by atoms with Gasteiger partial charge < -0.3 is 9.84 Å². The first-order valence-electron chi connectivity index (χ1n) is 9.53. The number of ether oxygens (including phenoxy) is 1. The molecule has 5 heteroatoms. The van der Waals surface area contributed by atoms with Crippen LogP contribution in [-0.4, -0.2) is 16.7 Å². The van der Waals surface area contributed by atoms with E-state index in [-0.39, 0.29) is 23.1 Å². The second kappa shape index (κ2) is 6.15. The molecule has 4 aromatic rings. The van der Waals surface area contributed by atoms with Crippen LogP contribution < -0.4 is 4.74 Å². The minimum absolute atomic E-state index is 0.101. The van der Waals surface area contributed by atoms with Crippen molar-refractivity contribution in [2.75, 3.05) is 0 Å². The van der Waals surface area contributed by atoms with Gasteiger partial charge in [0.25, 0.3) is 0 Å². The van der Waals surface area contributed by atoms with E-state index in [1.165, 1.54) is 11.3 Å². The Balaban J connectivity index is 1.70. The molecule has 1 unspecified atom stereocenters. The maximum Gasteiger partial charge on any atom is 0.229 e. The van der Waals surface area contributed by atoms with Crippen molar-refractivity contribution in [3.63, 3.8) is 0 Å². The smallest absolute Gasteiger partial charge is 0.229 e. The van der Waals surface area contributed by atoms with Crippen LogP contribution in [0, 0.1) is 0 Å². The fraction of sp³-hybridized carbons (Fsp3) is 0.0400. The van der Waals surface area contributed by atoms with E-state index in [9.17, 15) is 14.7 Å². The molecule has 0 fully saturated rings. The Morgan fingerprint density at radius 3 is 2.40 bits per heavy atom. The number of allylic oxidation sites excluding steroid dienone is 2. The third kappa shape index (κ3) is 2.27. The predicted octanol–water partition coefficient (Wildman–Crippen LogP) is 5.46. The molecule has 1 aliphatic heterocycles. The number of carbonyl (C=O) groups excluding carboxylic acids is 2. The van der Waals surface area contributed by atoms with Crippen LogP contribution in [0.15, 0.2) is 83.4 Å². The van der Waals surface area contributed by atoms with Crippen molar-refractivity contribution in [3.8, 4) is 11.5 Å². The van der Waals surface area contributed by atoms with Gasteiger partial charge in [0.15, 0.2) is 11.5 Å². The van der Waals surface area contributed by atoms with Crippen LogP contribution in [0.2, 0.25) is 0 Å². The average Bonchev–Trinajstić information content (AvgIpc) is 3.30. The molecule has 0 radical (unpaired) electrons. The number of fused-ring (bicyclic) bond motifs is 4. The molecule has 4 nitrogen and oxygen atoms in total. The number of aromatic hydroxyl groups is 1. The van der Waals surface area contributed by atoms with Crippen molar-refractivity contribution in [3.05, 3.63) is 105 Å². The summed E-state index contributed by atoms with van der Waals surface area (Å²) in [6.45, 7) is 0. The Hall–Kier alpha value is -3.70. The zero-order chi connectivity index (χ0) is 20.4. The third-order valence-electron chi connectivity index (χ3n) is 5.74. The monoisotopic (exact) mass is 410 g/mol. The highest BCUT2D eigenvalue weighted by Crippen LogP contribution is 2.50. The van der Waals surface area contributed by atoms with Gasteiger partial charge in [0.1, 0.15) is 11.5 Å². The highest BCUT2D eigenvalue weighted by Gasteiger charge is 2.43. The van der Waals surface area contributed by atoms with Crippen LogP contribution in [0.25, 0.3) is 10.8 Å². The van der Waals surface area contributed by atoms with Crippen LogP contribution in [0.4, 0.5) is 0 Å². The molecule has 1 aromatic heterocycles. The molecular weight excluding hydrogens is 396 g/mol. The lowest BCUT2D eigenvalue weighted by molar-refractivity contribution is 0.0927. The minimum atomic E-state index is -0.445. The van der Waals surface area contributed by atoms with Gasteiger partial charge in [-0.2, -0.15) is 0 Å². The molecule has 144 valence electrons. The van der Waals surface area contributed by atoms with Crippen LogP contribution in [0.5, 0.6) is 11.5 Å². The second-order valence-electron chi connectivity index (χ2n) is 7.38. The SMILES string of the molecule is O=C1C2=C(C(=O)c3ccccc31)C(c1cccs1)c1c(ccc3ccc(O)cc13)O2. The molecule has 30 heavy (non-hydrogen) atoms. The summed E-state index contributed by atoms with van der Waals surface area (Å²) >= 11 is 1.53.